The average Bonchev–Trinajstić information content (AvgIpc) is 2.27. The Morgan fingerprint density at radius 3 is 2.21 bits per heavy atom. The lowest BCUT2D eigenvalue weighted by Crippen LogP contribution is -2.52. The topological polar surface area (TPSA) is 84.3 Å². The average molecular weight is 265 g/mol. The van der Waals surface area contributed by atoms with Crippen molar-refractivity contribution in [1.29, 1.82) is 0 Å². The first-order chi connectivity index (χ1) is 8.72. The molecule has 0 aliphatic carbocycles. The van der Waals surface area contributed by atoms with Gasteiger partial charge in [-0.2, -0.15) is 0 Å². The van der Waals surface area contributed by atoms with E-state index in [1.165, 1.54) is 24.3 Å². The number of non-ortho nitro benzene ring substituents is 1. The summed E-state index contributed by atoms with van der Waals surface area (Å²) in [7, 11) is 0. The van der Waals surface area contributed by atoms with Gasteiger partial charge in [-0.15, -0.1) is 0 Å². The zero-order chi connectivity index (χ0) is 14.6. The van der Waals surface area contributed by atoms with Crippen molar-refractivity contribution in [1.82, 2.24) is 5.32 Å². The van der Waals surface area contributed by atoms with Crippen LogP contribution in [0.4, 0.5) is 11.4 Å². The number of hydrogen-bond donors (Lipinski definition) is 2. The summed E-state index contributed by atoms with van der Waals surface area (Å²) in [6.07, 6.45) is 0. The second-order valence-electron chi connectivity index (χ2n) is 5.18. The number of amides is 1. The number of hydrogen-bond acceptors (Lipinski definition) is 4. The van der Waals surface area contributed by atoms with Crippen LogP contribution in [0, 0.1) is 10.1 Å². The van der Waals surface area contributed by atoms with Crippen LogP contribution in [-0.4, -0.2) is 22.4 Å². The molecule has 19 heavy (non-hydrogen) atoms. The predicted molar refractivity (Wildman–Crippen MR) is 74.1 cm³/mol. The van der Waals surface area contributed by atoms with Crippen molar-refractivity contribution in [3.63, 3.8) is 0 Å². The summed E-state index contributed by atoms with van der Waals surface area (Å²) in [5, 5.41) is 16.4. The zero-order valence-electron chi connectivity index (χ0n) is 11.6. The van der Waals surface area contributed by atoms with E-state index in [1.54, 1.807) is 13.8 Å². The summed E-state index contributed by atoms with van der Waals surface area (Å²) < 4.78 is 0. The highest BCUT2D eigenvalue weighted by Crippen LogP contribution is 2.17. The molecule has 6 nitrogen and oxygen atoms in total. The van der Waals surface area contributed by atoms with Crippen LogP contribution in [0.1, 0.15) is 27.7 Å². The standard InChI is InChI=1S/C13H19N3O3/c1-9(2)15-13(3,4)12(17)14-10-5-7-11(8-6-10)16(18)19/h5-9,15H,1-4H3,(H,14,17). The van der Waals surface area contributed by atoms with Crippen molar-refractivity contribution in [2.45, 2.75) is 39.3 Å². The molecule has 1 aromatic rings. The normalized spacial score (nSPS) is 11.4. The van der Waals surface area contributed by atoms with Gasteiger partial charge in [0.1, 0.15) is 0 Å². The van der Waals surface area contributed by atoms with Crippen LogP contribution in [0.15, 0.2) is 24.3 Å². The Labute approximate surface area is 112 Å². The number of nitrogens with one attached hydrogen (secondary N) is 2. The van der Waals surface area contributed by atoms with Crippen molar-refractivity contribution in [2.75, 3.05) is 5.32 Å². The van der Waals surface area contributed by atoms with Crippen LogP contribution in [0.25, 0.3) is 0 Å². The van der Waals surface area contributed by atoms with Gasteiger partial charge in [0.05, 0.1) is 10.5 Å². The van der Waals surface area contributed by atoms with Crippen molar-refractivity contribution in [2.24, 2.45) is 0 Å². The van der Waals surface area contributed by atoms with E-state index >= 15 is 0 Å². The molecule has 0 aliphatic rings. The van der Waals surface area contributed by atoms with Crippen LogP contribution < -0.4 is 10.6 Å². The third-order valence-electron chi connectivity index (χ3n) is 2.55. The molecule has 0 unspecified atom stereocenters. The van der Waals surface area contributed by atoms with Gasteiger partial charge in [-0.25, -0.2) is 0 Å². The van der Waals surface area contributed by atoms with Gasteiger partial charge in [0.2, 0.25) is 5.91 Å². The molecule has 2 N–H and O–H groups in total. The Morgan fingerprint density at radius 1 is 1.26 bits per heavy atom. The van der Waals surface area contributed by atoms with E-state index in [1.807, 2.05) is 13.8 Å². The first kappa shape index (κ1) is 15.1. The SMILES string of the molecule is CC(C)NC(C)(C)C(=O)Nc1ccc([N+](=O)[O-])cc1. The van der Waals surface area contributed by atoms with Crippen molar-refractivity contribution in [3.8, 4) is 0 Å². The molecule has 0 spiro atoms. The lowest BCUT2D eigenvalue weighted by Gasteiger charge is -2.27. The Balaban J connectivity index is 2.74. The number of nitro benzene ring substituents is 1. The van der Waals surface area contributed by atoms with Gasteiger partial charge < -0.3 is 10.6 Å². The summed E-state index contributed by atoms with van der Waals surface area (Å²) in [6.45, 7) is 7.49. The molecule has 0 atom stereocenters. The fourth-order valence-electron chi connectivity index (χ4n) is 1.74. The highest BCUT2D eigenvalue weighted by Gasteiger charge is 2.27. The van der Waals surface area contributed by atoms with Crippen LogP contribution in [0.2, 0.25) is 0 Å². The molecule has 1 aromatic carbocycles. The van der Waals surface area contributed by atoms with E-state index in [2.05, 4.69) is 10.6 Å². The second kappa shape index (κ2) is 5.79. The number of rotatable bonds is 5. The van der Waals surface area contributed by atoms with Crippen molar-refractivity contribution < 1.29 is 9.72 Å². The summed E-state index contributed by atoms with van der Waals surface area (Å²) in [4.78, 5) is 22.1. The van der Waals surface area contributed by atoms with Gasteiger partial charge >= 0.3 is 0 Å². The van der Waals surface area contributed by atoms with Gasteiger partial charge in [0.25, 0.3) is 5.69 Å². The molecule has 0 saturated carbocycles. The van der Waals surface area contributed by atoms with E-state index < -0.39 is 10.5 Å². The molecule has 104 valence electrons. The molecule has 0 saturated heterocycles. The van der Waals surface area contributed by atoms with Gasteiger partial charge in [0, 0.05) is 23.9 Å². The molecule has 6 heteroatoms. The van der Waals surface area contributed by atoms with Gasteiger partial charge in [-0.05, 0) is 39.8 Å². The first-order valence-electron chi connectivity index (χ1n) is 6.06. The van der Waals surface area contributed by atoms with Crippen LogP contribution in [0.3, 0.4) is 0 Å². The third-order valence-corrected chi connectivity index (χ3v) is 2.55. The molecule has 0 heterocycles. The van der Waals surface area contributed by atoms with E-state index in [0.29, 0.717) is 5.69 Å². The second-order valence-corrected chi connectivity index (χ2v) is 5.18. The molecule has 0 aliphatic heterocycles. The minimum atomic E-state index is -0.712. The van der Waals surface area contributed by atoms with Crippen LogP contribution in [-0.2, 0) is 4.79 Å². The fraction of sp³-hybridized carbons (Fsp3) is 0.462. The smallest absolute Gasteiger partial charge is 0.269 e. The molecule has 0 aromatic heterocycles. The number of nitro groups is 1. The number of benzene rings is 1. The minimum absolute atomic E-state index is 0.00226. The highest BCUT2D eigenvalue weighted by atomic mass is 16.6. The molecule has 0 bridgehead atoms. The summed E-state index contributed by atoms with van der Waals surface area (Å²) >= 11 is 0. The largest absolute Gasteiger partial charge is 0.324 e. The number of nitrogens with zero attached hydrogens (tertiary/aromatic N) is 1. The van der Waals surface area contributed by atoms with Crippen LogP contribution >= 0.6 is 0 Å². The number of carbonyl (C=O) groups excluding carboxylic acids is 1. The predicted octanol–water partition coefficient (Wildman–Crippen LogP) is 2.31. The summed E-state index contributed by atoms with van der Waals surface area (Å²) in [5.41, 5.74) is -0.178. The van der Waals surface area contributed by atoms with E-state index in [-0.39, 0.29) is 17.6 Å². The zero-order valence-corrected chi connectivity index (χ0v) is 11.6. The first-order valence-corrected chi connectivity index (χ1v) is 6.06. The number of carbonyl (C=O) groups is 1. The molecule has 0 fully saturated rings. The summed E-state index contributed by atoms with van der Waals surface area (Å²) in [6, 6.07) is 5.93. The lowest BCUT2D eigenvalue weighted by atomic mass is 10.0. The molecule has 0 radical (unpaired) electrons. The Kier molecular flexibility index (Phi) is 4.61. The van der Waals surface area contributed by atoms with E-state index in [4.69, 9.17) is 0 Å². The maximum absolute atomic E-state index is 12.1. The van der Waals surface area contributed by atoms with Gasteiger partial charge in [-0.3, -0.25) is 14.9 Å². The van der Waals surface area contributed by atoms with Crippen LogP contribution in [0.5, 0.6) is 0 Å². The fourth-order valence-corrected chi connectivity index (χ4v) is 1.74. The van der Waals surface area contributed by atoms with Gasteiger partial charge in [0.15, 0.2) is 0 Å². The van der Waals surface area contributed by atoms with Gasteiger partial charge in [-0.1, -0.05) is 0 Å². The molecule has 1 rings (SSSR count). The minimum Gasteiger partial charge on any atom is -0.324 e. The molecule has 1 amide bonds. The maximum Gasteiger partial charge on any atom is 0.269 e. The van der Waals surface area contributed by atoms with E-state index in [9.17, 15) is 14.9 Å². The Hall–Kier alpha value is -1.95. The quantitative estimate of drug-likeness (QED) is 0.632. The highest BCUT2D eigenvalue weighted by molar-refractivity contribution is 5.97. The molecular weight excluding hydrogens is 246 g/mol. The number of anilines is 1. The van der Waals surface area contributed by atoms with Crippen molar-refractivity contribution in [3.05, 3.63) is 34.4 Å². The Bertz CT molecular complexity index is 467. The molecular formula is C13H19N3O3. The Morgan fingerprint density at radius 2 is 1.79 bits per heavy atom. The van der Waals surface area contributed by atoms with Crippen molar-refractivity contribution >= 4 is 17.3 Å². The third kappa shape index (κ3) is 4.33. The summed E-state index contributed by atoms with van der Waals surface area (Å²) in [5.74, 6) is -0.185. The van der Waals surface area contributed by atoms with E-state index in [0.717, 1.165) is 0 Å². The monoisotopic (exact) mass is 265 g/mol. The lowest BCUT2D eigenvalue weighted by molar-refractivity contribution is -0.384. The maximum atomic E-state index is 12.1.